The van der Waals surface area contributed by atoms with Crippen LogP contribution in [0.3, 0.4) is 0 Å². The van der Waals surface area contributed by atoms with E-state index in [1.165, 1.54) is 4.31 Å². The minimum atomic E-state index is -3.29. The standard InChI is InChI=1S/C12H26N2O4S/c1-11(9-18-3)14(7-8-17-2)19(15,16)10-12-5-4-6-13-12/h11-13H,4-10H2,1-3H3. The van der Waals surface area contributed by atoms with Crippen molar-refractivity contribution >= 4 is 10.0 Å². The van der Waals surface area contributed by atoms with Crippen LogP contribution in [0.4, 0.5) is 0 Å². The van der Waals surface area contributed by atoms with Crippen molar-refractivity contribution < 1.29 is 17.9 Å². The lowest BCUT2D eigenvalue weighted by atomic mass is 10.3. The van der Waals surface area contributed by atoms with E-state index in [2.05, 4.69) is 5.32 Å². The van der Waals surface area contributed by atoms with Crippen molar-refractivity contribution in [2.75, 3.05) is 46.3 Å². The lowest BCUT2D eigenvalue weighted by molar-refractivity contribution is 0.119. The second-order valence-electron chi connectivity index (χ2n) is 4.98. The van der Waals surface area contributed by atoms with Gasteiger partial charge >= 0.3 is 0 Å². The highest BCUT2D eigenvalue weighted by Crippen LogP contribution is 2.14. The molecular formula is C12H26N2O4S. The number of hydrogen-bond donors (Lipinski definition) is 1. The normalized spacial score (nSPS) is 22.0. The summed E-state index contributed by atoms with van der Waals surface area (Å²) >= 11 is 0. The maximum absolute atomic E-state index is 12.5. The molecule has 7 heteroatoms. The minimum absolute atomic E-state index is 0.0739. The molecule has 0 aromatic carbocycles. The SMILES string of the molecule is COCCN(C(C)COC)S(=O)(=O)CC1CCCN1. The van der Waals surface area contributed by atoms with Crippen molar-refractivity contribution in [3.8, 4) is 0 Å². The van der Waals surface area contributed by atoms with Crippen molar-refractivity contribution in [3.63, 3.8) is 0 Å². The van der Waals surface area contributed by atoms with Gasteiger partial charge in [0.15, 0.2) is 0 Å². The predicted octanol–water partition coefficient (Wildman–Crippen LogP) is 0.0515. The second-order valence-corrected chi connectivity index (χ2v) is 6.95. The Morgan fingerprint density at radius 2 is 2.11 bits per heavy atom. The van der Waals surface area contributed by atoms with Gasteiger partial charge in [-0.2, -0.15) is 4.31 Å². The molecule has 6 nitrogen and oxygen atoms in total. The van der Waals surface area contributed by atoms with Crippen LogP contribution in [0, 0.1) is 0 Å². The van der Waals surface area contributed by atoms with Gasteiger partial charge in [-0.3, -0.25) is 0 Å². The molecule has 0 aromatic heterocycles. The van der Waals surface area contributed by atoms with Gasteiger partial charge in [0.2, 0.25) is 10.0 Å². The Bertz CT molecular complexity index is 342. The summed E-state index contributed by atoms with van der Waals surface area (Å²) in [6.45, 7) is 3.92. The molecule has 0 bridgehead atoms. The van der Waals surface area contributed by atoms with E-state index in [4.69, 9.17) is 9.47 Å². The van der Waals surface area contributed by atoms with Crippen LogP contribution in [-0.2, 0) is 19.5 Å². The van der Waals surface area contributed by atoms with E-state index in [0.717, 1.165) is 19.4 Å². The third-order valence-corrected chi connectivity index (χ3v) is 5.43. The van der Waals surface area contributed by atoms with Crippen LogP contribution in [0.25, 0.3) is 0 Å². The average Bonchev–Trinajstić information content (AvgIpc) is 2.81. The molecule has 1 aliphatic heterocycles. The fraction of sp³-hybridized carbons (Fsp3) is 1.00. The van der Waals surface area contributed by atoms with Crippen LogP contribution >= 0.6 is 0 Å². The molecule has 1 saturated heterocycles. The van der Waals surface area contributed by atoms with E-state index in [-0.39, 0.29) is 17.8 Å². The van der Waals surface area contributed by atoms with Gasteiger partial charge in [0.1, 0.15) is 0 Å². The quantitative estimate of drug-likeness (QED) is 0.651. The maximum Gasteiger partial charge on any atom is 0.216 e. The average molecular weight is 294 g/mol. The largest absolute Gasteiger partial charge is 0.383 e. The van der Waals surface area contributed by atoms with Gasteiger partial charge in [0.05, 0.1) is 19.0 Å². The van der Waals surface area contributed by atoms with Crippen LogP contribution in [0.2, 0.25) is 0 Å². The van der Waals surface area contributed by atoms with Gasteiger partial charge in [-0.1, -0.05) is 0 Å². The van der Waals surface area contributed by atoms with E-state index in [9.17, 15) is 8.42 Å². The molecule has 0 amide bonds. The van der Waals surface area contributed by atoms with Crippen molar-refractivity contribution in [1.29, 1.82) is 0 Å². The Morgan fingerprint density at radius 1 is 1.37 bits per heavy atom. The van der Waals surface area contributed by atoms with Crippen molar-refractivity contribution in [2.24, 2.45) is 0 Å². The first-order chi connectivity index (χ1) is 9.01. The first-order valence-corrected chi connectivity index (χ1v) is 8.33. The molecule has 2 atom stereocenters. The molecule has 0 saturated carbocycles. The van der Waals surface area contributed by atoms with Gasteiger partial charge in [0, 0.05) is 32.8 Å². The molecular weight excluding hydrogens is 268 g/mol. The zero-order chi connectivity index (χ0) is 14.3. The summed E-state index contributed by atoms with van der Waals surface area (Å²) in [7, 11) is -0.135. The van der Waals surface area contributed by atoms with Gasteiger partial charge in [-0.25, -0.2) is 8.42 Å². The van der Waals surface area contributed by atoms with Gasteiger partial charge < -0.3 is 14.8 Å². The number of nitrogens with zero attached hydrogens (tertiary/aromatic N) is 1. The first-order valence-electron chi connectivity index (χ1n) is 6.72. The highest BCUT2D eigenvalue weighted by Gasteiger charge is 2.30. The van der Waals surface area contributed by atoms with Crippen LogP contribution in [-0.4, -0.2) is 71.1 Å². The number of nitrogens with one attached hydrogen (secondary N) is 1. The Balaban J connectivity index is 2.69. The highest BCUT2D eigenvalue weighted by molar-refractivity contribution is 7.89. The van der Waals surface area contributed by atoms with Crippen LogP contribution < -0.4 is 5.32 Å². The smallest absolute Gasteiger partial charge is 0.216 e. The summed E-state index contributed by atoms with van der Waals surface area (Å²) in [4.78, 5) is 0. The minimum Gasteiger partial charge on any atom is -0.383 e. The second kappa shape index (κ2) is 8.16. The summed E-state index contributed by atoms with van der Waals surface area (Å²) in [6, 6.07) is -0.101. The zero-order valence-corrected chi connectivity index (χ0v) is 12.9. The van der Waals surface area contributed by atoms with Gasteiger partial charge in [0.25, 0.3) is 0 Å². The molecule has 1 N–H and O–H groups in total. The Hall–Kier alpha value is -0.210. The van der Waals surface area contributed by atoms with E-state index in [1.807, 2.05) is 6.92 Å². The number of methoxy groups -OCH3 is 2. The van der Waals surface area contributed by atoms with Crippen molar-refractivity contribution in [2.45, 2.75) is 31.8 Å². The van der Waals surface area contributed by atoms with E-state index >= 15 is 0 Å². The number of hydrogen-bond acceptors (Lipinski definition) is 5. The highest BCUT2D eigenvalue weighted by atomic mass is 32.2. The summed E-state index contributed by atoms with van der Waals surface area (Å²) in [5.74, 6) is 0.158. The van der Waals surface area contributed by atoms with E-state index in [0.29, 0.717) is 19.8 Å². The number of sulfonamides is 1. The number of rotatable bonds is 9. The molecule has 114 valence electrons. The Kier molecular flexibility index (Phi) is 7.23. The molecule has 1 aliphatic rings. The van der Waals surface area contributed by atoms with E-state index < -0.39 is 10.0 Å². The lowest BCUT2D eigenvalue weighted by Crippen LogP contribution is -2.46. The monoisotopic (exact) mass is 294 g/mol. The first kappa shape index (κ1) is 16.8. The topological polar surface area (TPSA) is 67.9 Å². The number of ether oxygens (including phenoxy) is 2. The molecule has 0 radical (unpaired) electrons. The molecule has 1 fully saturated rings. The third kappa shape index (κ3) is 5.35. The Morgan fingerprint density at radius 3 is 2.63 bits per heavy atom. The Labute approximate surface area is 116 Å². The van der Waals surface area contributed by atoms with Crippen LogP contribution in [0.15, 0.2) is 0 Å². The fourth-order valence-electron chi connectivity index (χ4n) is 2.39. The summed E-state index contributed by atoms with van der Waals surface area (Å²) in [5.41, 5.74) is 0. The molecule has 0 spiro atoms. The third-order valence-electron chi connectivity index (χ3n) is 3.35. The van der Waals surface area contributed by atoms with Gasteiger partial charge in [-0.15, -0.1) is 0 Å². The predicted molar refractivity (Wildman–Crippen MR) is 74.7 cm³/mol. The molecule has 0 aromatic rings. The van der Waals surface area contributed by atoms with Crippen LogP contribution in [0.5, 0.6) is 0 Å². The summed E-state index contributed by atoms with van der Waals surface area (Å²) < 4.78 is 36.5. The molecule has 1 heterocycles. The van der Waals surface area contributed by atoms with Crippen molar-refractivity contribution in [1.82, 2.24) is 9.62 Å². The zero-order valence-electron chi connectivity index (χ0n) is 12.1. The van der Waals surface area contributed by atoms with Gasteiger partial charge in [-0.05, 0) is 26.3 Å². The summed E-state index contributed by atoms with van der Waals surface area (Å²) in [5, 5.41) is 3.23. The van der Waals surface area contributed by atoms with Crippen LogP contribution in [0.1, 0.15) is 19.8 Å². The molecule has 0 aliphatic carbocycles. The molecule has 1 rings (SSSR count). The fourth-order valence-corrected chi connectivity index (χ4v) is 4.33. The molecule has 2 unspecified atom stereocenters. The summed E-state index contributed by atoms with van der Waals surface area (Å²) in [6.07, 6.45) is 1.97. The molecule has 19 heavy (non-hydrogen) atoms. The van der Waals surface area contributed by atoms with Crippen molar-refractivity contribution in [3.05, 3.63) is 0 Å². The lowest BCUT2D eigenvalue weighted by Gasteiger charge is -2.28. The maximum atomic E-state index is 12.5. The van der Waals surface area contributed by atoms with E-state index in [1.54, 1.807) is 14.2 Å².